The van der Waals surface area contributed by atoms with Gasteiger partial charge >= 0.3 is 0 Å². The first-order valence-corrected chi connectivity index (χ1v) is 13.0. The molecule has 180 valence electrons. The number of fused-ring (bicyclic) bond motifs is 1. The van der Waals surface area contributed by atoms with Crippen LogP contribution in [0.15, 0.2) is 89.8 Å². The zero-order valence-corrected chi connectivity index (χ0v) is 21.0. The predicted octanol–water partition coefficient (Wildman–Crippen LogP) is 6.74. The molecule has 0 heterocycles. The Kier molecular flexibility index (Phi) is 7.50. The molecule has 0 radical (unpaired) electrons. The zero-order valence-electron chi connectivity index (χ0n) is 18.7. The van der Waals surface area contributed by atoms with Crippen LogP contribution in [0.2, 0.25) is 10.0 Å². The third-order valence-electron chi connectivity index (χ3n) is 5.27. The molecule has 0 aliphatic heterocycles. The molecule has 4 rings (SSSR count). The fourth-order valence-corrected chi connectivity index (χ4v) is 5.03. The summed E-state index contributed by atoms with van der Waals surface area (Å²) in [4.78, 5) is 12.8. The zero-order chi connectivity index (χ0) is 25.0. The average molecular weight is 529 g/mol. The van der Waals surface area contributed by atoms with Gasteiger partial charge in [-0.05, 0) is 71.8 Å². The summed E-state index contributed by atoms with van der Waals surface area (Å²) >= 11 is 11.9. The molecule has 0 saturated heterocycles. The number of ether oxygens (including phenoxy) is 1. The first-order chi connectivity index (χ1) is 16.7. The van der Waals surface area contributed by atoms with E-state index in [0.717, 1.165) is 10.8 Å². The SMILES string of the molecule is CCC(Oc1ccc2ccccc2c1)C(=O)Nc1ccc(S(=O)(=O)Nc2ccc(Cl)cc2Cl)cc1. The van der Waals surface area contributed by atoms with Gasteiger partial charge in [0.25, 0.3) is 15.9 Å². The largest absolute Gasteiger partial charge is 0.481 e. The van der Waals surface area contributed by atoms with Gasteiger partial charge in [0.15, 0.2) is 6.10 Å². The Morgan fingerprint density at radius 2 is 1.63 bits per heavy atom. The van der Waals surface area contributed by atoms with Crippen LogP contribution in [0, 0.1) is 0 Å². The van der Waals surface area contributed by atoms with Crippen LogP contribution in [0.5, 0.6) is 5.75 Å². The minimum absolute atomic E-state index is 0.0148. The molecule has 1 amide bonds. The van der Waals surface area contributed by atoms with Crippen molar-refractivity contribution in [3.63, 3.8) is 0 Å². The number of nitrogens with one attached hydrogen (secondary N) is 2. The van der Waals surface area contributed by atoms with Crippen molar-refractivity contribution in [3.05, 3.63) is 95.0 Å². The molecule has 1 atom stereocenters. The van der Waals surface area contributed by atoms with Gasteiger partial charge in [0, 0.05) is 10.7 Å². The van der Waals surface area contributed by atoms with Crippen molar-refractivity contribution in [3.8, 4) is 5.75 Å². The van der Waals surface area contributed by atoms with Crippen LogP contribution in [0.4, 0.5) is 11.4 Å². The lowest BCUT2D eigenvalue weighted by Crippen LogP contribution is -2.32. The van der Waals surface area contributed by atoms with Crippen molar-refractivity contribution in [2.45, 2.75) is 24.3 Å². The Morgan fingerprint density at radius 1 is 0.914 bits per heavy atom. The van der Waals surface area contributed by atoms with E-state index in [0.29, 0.717) is 22.9 Å². The van der Waals surface area contributed by atoms with Crippen molar-refractivity contribution in [1.82, 2.24) is 0 Å². The van der Waals surface area contributed by atoms with Gasteiger partial charge < -0.3 is 10.1 Å². The fraction of sp³-hybridized carbons (Fsp3) is 0.115. The number of hydrogen-bond donors (Lipinski definition) is 2. The standard InChI is InChI=1S/C26H22Cl2N2O4S/c1-2-25(34-21-11-7-17-5-3-4-6-18(17)15-21)26(31)29-20-9-12-22(13-10-20)35(32,33)30-24-14-8-19(27)16-23(24)28/h3-16,25,30H,2H2,1H3,(H,29,31). The lowest BCUT2D eigenvalue weighted by Gasteiger charge is -2.18. The first kappa shape index (κ1) is 24.9. The lowest BCUT2D eigenvalue weighted by atomic mass is 10.1. The number of rotatable bonds is 8. The highest BCUT2D eigenvalue weighted by atomic mass is 35.5. The van der Waals surface area contributed by atoms with Crippen molar-refractivity contribution >= 4 is 61.3 Å². The van der Waals surface area contributed by atoms with Crippen LogP contribution in [-0.2, 0) is 14.8 Å². The van der Waals surface area contributed by atoms with Gasteiger partial charge in [0.1, 0.15) is 5.75 Å². The van der Waals surface area contributed by atoms with Crippen LogP contribution >= 0.6 is 23.2 Å². The maximum atomic E-state index is 12.8. The minimum atomic E-state index is -3.89. The van der Waals surface area contributed by atoms with Crippen LogP contribution in [0.1, 0.15) is 13.3 Å². The number of carbonyl (C=O) groups is 1. The molecule has 4 aromatic rings. The Balaban J connectivity index is 1.43. The molecule has 9 heteroatoms. The van der Waals surface area contributed by atoms with Gasteiger partial charge in [0.05, 0.1) is 15.6 Å². The molecule has 6 nitrogen and oxygen atoms in total. The number of halogens is 2. The number of carbonyl (C=O) groups excluding carboxylic acids is 1. The minimum Gasteiger partial charge on any atom is -0.481 e. The molecular formula is C26H22Cl2N2O4S. The van der Waals surface area contributed by atoms with E-state index in [-0.39, 0.29) is 21.5 Å². The van der Waals surface area contributed by atoms with E-state index in [1.807, 2.05) is 49.4 Å². The van der Waals surface area contributed by atoms with Gasteiger partial charge in [-0.3, -0.25) is 9.52 Å². The van der Waals surface area contributed by atoms with Gasteiger partial charge in [-0.2, -0.15) is 0 Å². The number of anilines is 2. The summed E-state index contributed by atoms with van der Waals surface area (Å²) in [5.41, 5.74) is 0.657. The van der Waals surface area contributed by atoms with Crippen molar-refractivity contribution in [2.24, 2.45) is 0 Å². The Morgan fingerprint density at radius 3 is 2.31 bits per heavy atom. The van der Waals surface area contributed by atoms with Crippen molar-refractivity contribution < 1.29 is 17.9 Å². The first-order valence-electron chi connectivity index (χ1n) is 10.8. The second-order valence-corrected chi connectivity index (χ2v) is 10.3. The Hall–Kier alpha value is -3.26. The molecule has 2 N–H and O–H groups in total. The van der Waals surface area contributed by atoms with E-state index < -0.39 is 16.1 Å². The maximum Gasteiger partial charge on any atom is 0.265 e. The van der Waals surface area contributed by atoms with Crippen LogP contribution < -0.4 is 14.8 Å². The van der Waals surface area contributed by atoms with Gasteiger partial charge in [-0.15, -0.1) is 0 Å². The van der Waals surface area contributed by atoms with Crippen molar-refractivity contribution in [1.29, 1.82) is 0 Å². The third-order valence-corrected chi connectivity index (χ3v) is 7.20. The molecule has 4 aromatic carbocycles. The smallest absolute Gasteiger partial charge is 0.265 e. The number of hydrogen-bond acceptors (Lipinski definition) is 4. The monoisotopic (exact) mass is 528 g/mol. The summed E-state index contributed by atoms with van der Waals surface area (Å²) in [6, 6.07) is 23.8. The molecule has 35 heavy (non-hydrogen) atoms. The van der Waals surface area contributed by atoms with E-state index in [1.54, 1.807) is 0 Å². The average Bonchev–Trinajstić information content (AvgIpc) is 2.84. The van der Waals surface area contributed by atoms with Crippen LogP contribution in [0.25, 0.3) is 10.8 Å². The number of sulfonamides is 1. The predicted molar refractivity (Wildman–Crippen MR) is 141 cm³/mol. The van der Waals surface area contributed by atoms with Crippen molar-refractivity contribution in [2.75, 3.05) is 10.0 Å². The highest BCUT2D eigenvalue weighted by molar-refractivity contribution is 7.92. The van der Waals surface area contributed by atoms with E-state index >= 15 is 0 Å². The highest BCUT2D eigenvalue weighted by Gasteiger charge is 2.20. The summed E-state index contributed by atoms with van der Waals surface area (Å²) in [5, 5.41) is 5.46. The molecule has 0 aliphatic rings. The topological polar surface area (TPSA) is 84.5 Å². The summed E-state index contributed by atoms with van der Waals surface area (Å²) in [6.07, 6.45) is -0.259. The summed E-state index contributed by atoms with van der Waals surface area (Å²) < 4.78 is 33.8. The summed E-state index contributed by atoms with van der Waals surface area (Å²) in [5.74, 6) is 0.265. The molecular weight excluding hydrogens is 507 g/mol. The van der Waals surface area contributed by atoms with E-state index in [2.05, 4.69) is 10.0 Å². The van der Waals surface area contributed by atoms with Gasteiger partial charge in [-0.25, -0.2) is 8.42 Å². The number of benzene rings is 4. The molecule has 1 unspecified atom stereocenters. The normalized spacial score (nSPS) is 12.2. The van der Waals surface area contributed by atoms with Gasteiger partial charge in [0.2, 0.25) is 0 Å². The maximum absolute atomic E-state index is 12.8. The van der Waals surface area contributed by atoms with E-state index in [1.165, 1.54) is 42.5 Å². The highest BCUT2D eigenvalue weighted by Crippen LogP contribution is 2.28. The molecule has 0 fully saturated rings. The number of amides is 1. The quantitative estimate of drug-likeness (QED) is 0.265. The third kappa shape index (κ3) is 6.06. The van der Waals surface area contributed by atoms with E-state index in [9.17, 15) is 13.2 Å². The van der Waals surface area contributed by atoms with E-state index in [4.69, 9.17) is 27.9 Å². The van der Waals surface area contributed by atoms with Gasteiger partial charge in [-0.1, -0.05) is 60.5 Å². The summed E-state index contributed by atoms with van der Waals surface area (Å²) in [6.45, 7) is 1.86. The second kappa shape index (κ2) is 10.6. The second-order valence-electron chi connectivity index (χ2n) is 7.77. The van der Waals surface area contributed by atoms with Crippen LogP contribution in [0.3, 0.4) is 0 Å². The molecule has 0 aliphatic carbocycles. The summed E-state index contributed by atoms with van der Waals surface area (Å²) in [7, 11) is -3.89. The molecule has 0 saturated carbocycles. The lowest BCUT2D eigenvalue weighted by molar-refractivity contribution is -0.122. The Bertz CT molecular complexity index is 1470. The molecule has 0 spiro atoms. The molecule has 0 bridgehead atoms. The van der Waals surface area contributed by atoms with Crippen LogP contribution in [-0.4, -0.2) is 20.4 Å². The Labute approximate surface area is 213 Å². The molecule has 0 aromatic heterocycles. The fourth-order valence-electron chi connectivity index (χ4n) is 3.44.